The summed E-state index contributed by atoms with van der Waals surface area (Å²) in [6.45, 7) is 5.69. The number of carbonyl (C=O) groups excluding carboxylic acids is 1. The van der Waals surface area contributed by atoms with Crippen LogP contribution in [0.4, 0.5) is 0 Å². The summed E-state index contributed by atoms with van der Waals surface area (Å²) >= 11 is 0. The number of allylic oxidation sites excluding steroid dienone is 2. The Hall–Kier alpha value is -0.980. The molecule has 6 heteroatoms. The van der Waals surface area contributed by atoms with Gasteiger partial charge in [-0.1, -0.05) is 6.58 Å². The molecule has 80 valence electrons. The molecule has 0 bridgehead atoms. The van der Waals surface area contributed by atoms with E-state index in [1.165, 1.54) is 13.8 Å². The maximum atomic E-state index is 11.3. The number of carbonyl (C=O) groups is 1. The van der Waals surface area contributed by atoms with Gasteiger partial charge in [-0.3, -0.25) is 9.35 Å². The number of hydrogen-bond acceptors (Lipinski definition) is 4. The van der Waals surface area contributed by atoms with Gasteiger partial charge in [0.15, 0.2) is 5.78 Å². The second-order valence-corrected chi connectivity index (χ2v) is 4.28. The van der Waals surface area contributed by atoms with Gasteiger partial charge in [0.2, 0.25) is 0 Å². The van der Waals surface area contributed by atoms with Gasteiger partial charge in [-0.15, -0.1) is 0 Å². The molecule has 0 fully saturated rings. The molecule has 0 aromatic rings. The molecule has 0 heterocycles. The van der Waals surface area contributed by atoms with Gasteiger partial charge in [-0.25, -0.2) is 0 Å². The molecule has 3 N–H and O–H groups in total. The number of rotatable bonds is 4. The lowest BCUT2D eigenvalue weighted by Gasteiger charge is -2.05. The van der Waals surface area contributed by atoms with Crippen molar-refractivity contribution in [3.63, 3.8) is 0 Å². The Kier molecular flexibility index (Phi) is 4.18. The van der Waals surface area contributed by atoms with Crippen molar-refractivity contribution in [2.24, 2.45) is 5.73 Å². The summed E-state index contributed by atoms with van der Waals surface area (Å²) in [4.78, 5) is 10.8. The zero-order chi connectivity index (χ0) is 11.5. The van der Waals surface area contributed by atoms with Crippen molar-refractivity contribution in [3.8, 4) is 0 Å². The lowest BCUT2D eigenvalue weighted by molar-refractivity contribution is -0.112. The summed E-state index contributed by atoms with van der Waals surface area (Å²) in [6.07, 6.45) is 0. The molecule has 0 aromatic heterocycles. The molecular formula is C8H13NO4S. The average molecular weight is 219 g/mol. The highest BCUT2D eigenvalue weighted by molar-refractivity contribution is 7.89. The van der Waals surface area contributed by atoms with Crippen LogP contribution in [0.1, 0.15) is 13.8 Å². The van der Waals surface area contributed by atoms with E-state index < -0.39 is 27.4 Å². The fraction of sp³-hybridized carbons (Fsp3) is 0.375. The first-order valence-electron chi connectivity index (χ1n) is 3.79. The van der Waals surface area contributed by atoms with E-state index in [0.29, 0.717) is 0 Å². The lowest BCUT2D eigenvalue weighted by Crippen LogP contribution is -2.18. The van der Waals surface area contributed by atoms with E-state index in [-0.39, 0.29) is 11.1 Å². The van der Waals surface area contributed by atoms with Crippen molar-refractivity contribution in [1.29, 1.82) is 0 Å². The molecule has 0 aliphatic rings. The number of hydrogen-bond donors (Lipinski definition) is 2. The van der Waals surface area contributed by atoms with E-state index >= 15 is 0 Å². The third kappa shape index (κ3) is 3.06. The first-order valence-corrected chi connectivity index (χ1v) is 5.23. The molecule has 0 aliphatic heterocycles. The molecule has 0 saturated heterocycles. The lowest BCUT2D eigenvalue weighted by atomic mass is 10.1. The van der Waals surface area contributed by atoms with Crippen LogP contribution < -0.4 is 5.73 Å². The fourth-order valence-electron chi connectivity index (χ4n) is 0.899. The Labute approximate surface area is 83.0 Å². The van der Waals surface area contributed by atoms with Crippen LogP contribution in [0.25, 0.3) is 0 Å². The fourth-order valence-corrected chi connectivity index (χ4v) is 1.59. The van der Waals surface area contributed by atoms with Crippen molar-refractivity contribution < 1.29 is 17.8 Å². The van der Waals surface area contributed by atoms with Gasteiger partial charge in [0.05, 0.1) is 4.91 Å². The van der Waals surface area contributed by atoms with Crippen LogP contribution in [0.15, 0.2) is 22.6 Å². The maximum absolute atomic E-state index is 11.3. The highest BCUT2D eigenvalue weighted by atomic mass is 32.2. The predicted molar refractivity (Wildman–Crippen MR) is 53.1 cm³/mol. The van der Waals surface area contributed by atoms with E-state index in [1.54, 1.807) is 0 Å². The van der Waals surface area contributed by atoms with Crippen molar-refractivity contribution in [2.45, 2.75) is 13.8 Å². The van der Waals surface area contributed by atoms with Crippen LogP contribution in [0.2, 0.25) is 0 Å². The largest absolute Gasteiger partial charge is 0.326 e. The minimum absolute atomic E-state index is 0.0949. The Morgan fingerprint density at radius 2 is 1.86 bits per heavy atom. The SMILES string of the molecule is C=C(C)C(=O)C(C)=C(CN)S(=O)(=O)O. The van der Waals surface area contributed by atoms with Gasteiger partial charge in [-0.2, -0.15) is 8.42 Å². The maximum Gasteiger partial charge on any atom is 0.292 e. The molecule has 5 nitrogen and oxygen atoms in total. The molecule has 0 aromatic carbocycles. The molecule has 0 unspecified atom stereocenters. The quantitative estimate of drug-likeness (QED) is 0.522. The summed E-state index contributed by atoms with van der Waals surface area (Å²) in [5, 5.41) is 0. The van der Waals surface area contributed by atoms with Crippen LogP contribution in [-0.2, 0) is 14.9 Å². The van der Waals surface area contributed by atoms with E-state index in [2.05, 4.69) is 6.58 Å². The van der Waals surface area contributed by atoms with E-state index in [4.69, 9.17) is 10.3 Å². The molecule has 0 spiro atoms. The van der Waals surface area contributed by atoms with Crippen LogP contribution >= 0.6 is 0 Å². The first-order chi connectivity index (χ1) is 6.21. The second kappa shape index (κ2) is 4.50. The van der Waals surface area contributed by atoms with Gasteiger partial charge in [0.25, 0.3) is 10.1 Å². The summed E-state index contributed by atoms with van der Waals surface area (Å²) in [5.74, 6) is -0.525. The summed E-state index contributed by atoms with van der Waals surface area (Å²) in [5.41, 5.74) is 5.22. The third-order valence-corrected chi connectivity index (χ3v) is 2.74. The Morgan fingerprint density at radius 1 is 1.43 bits per heavy atom. The van der Waals surface area contributed by atoms with Crippen molar-refractivity contribution in [3.05, 3.63) is 22.6 Å². The van der Waals surface area contributed by atoms with Gasteiger partial charge in [0, 0.05) is 12.1 Å². The number of ketones is 1. The smallest absolute Gasteiger partial charge is 0.292 e. The van der Waals surface area contributed by atoms with Crippen LogP contribution in [-0.4, -0.2) is 25.3 Å². The van der Waals surface area contributed by atoms with Crippen molar-refractivity contribution >= 4 is 15.9 Å². The standard InChI is InChI=1S/C8H13NO4S/c1-5(2)8(10)6(3)7(4-9)14(11,12)13/h1,4,9H2,2-3H3,(H,11,12,13). The van der Waals surface area contributed by atoms with E-state index in [1.807, 2.05) is 0 Å². The Morgan fingerprint density at radius 3 is 2.07 bits per heavy atom. The topological polar surface area (TPSA) is 97.5 Å². The Bertz CT molecular complexity index is 392. The summed E-state index contributed by atoms with van der Waals surface area (Å²) in [7, 11) is -4.40. The Balaban J connectivity index is 5.48. The minimum atomic E-state index is -4.40. The minimum Gasteiger partial charge on any atom is -0.326 e. The first kappa shape index (κ1) is 13.0. The van der Waals surface area contributed by atoms with Crippen LogP contribution in [0.3, 0.4) is 0 Å². The summed E-state index contributed by atoms with van der Waals surface area (Å²) in [6, 6.07) is 0. The number of nitrogens with two attached hydrogens (primary N) is 1. The average Bonchev–Trinajstić information content (AvgIpc) is 2.01. The molecule has 0 radical (unpaired) electrons. The van der Waals surface area contributed by atoms with Gasteiger partial charge >= 0.3 is 0 Å². The second-order valence-electron chi connectivity index (χ2n) is 2.84. The molecule has 0 atom stereocenters. The molecule has 14 heavy (non-hydrogen) atoms. The molecular weight excluding hydrogens is 206 g/mol. The normalized spacial score (nSPS) is 13.4. The van der Waals surface area contributed by atoms with Crippen LogP contribution in [0, 0.1) is 0 Å². The van der Waals surface area contributed by atoms with Crippen molar-refractivity contribution in [1.82, 2.24) is 0 Å². The zero-order valence-corrected chi connectivity index (χ0v) is 8.89. The number of Topliss-reactive ketones (excluding diaryl/α,β-unsaturated/α-hetero) is 1. The molecule has 0 amide bonds. The third-order valence-electron chi connectivity index (χ3n) is 1.64. The van der Waals surface area contributed by atoms with Gasteiger partial charge in [-0.05, 0) is 19.4 Å². The van der Waals surface area contributed by atoms with Gasteiger partial charge < -0.3 is 5.73 Å². The predicted octanol–water partition coefficient (Wildman–Crippen LogP) is 0.252. The molecule has 0 saturated carbocycles. The van der Waals surface area contributed by atoms with E-state index in [9.17, 15) is 13.2 Å². The summed E-state index contributed by atoms with van der Waals surface area (Å²) < 4.78 is 30.3. The monoisotopic (exact) mass is 219 g/mol. The van der Waals surface area contributed by atoms with Crippen molar-refractivity contribution in [2.75, 3.05) is 6.54 Å². The zero-order valence-electron chi connectivity index (χ0n) is 8.07. The molecule has 0 aliphatic carbocycles. The van der Waals surface area contributed by atoms with Gasteiger partial charge in [0.1, 0.15) is 0 Å². The highest BCUT2D eigenvalue weighted by Crippen LogP contribution is 2.13. The highest BCUT2D eigenvalue weighted by Gasteiger charge is 2.19. The molecule has 0 rings (SSSR count). The van der Waals surface area contributed by atoms with Crippen LogP contribution in [0.5, 0.6) is 0 Å². The van der Waals surface area contributed by atoms with E-state index in [0.717, 1.165) is 0 Å².